The second-order valence-corrected chi connectivity index (χ2v) is 10.6. The lowest BCUT2D eigenvalue weighted by Gasteiger charge is -2.38. The Hall–Kier alpha value is -2.61. The number of pyridine rings is 1. The molecule has 8 heteroatoms. The zero-order valence-electron chi connectivity index (χ0n) is 20.0. The zero-order valence-corrected chi connectivity index (χ0v) is 20.0. The molecule has 1 amide bonds. The fourth-order valence-corrected chi connectivity index (χ4v) is 5.44. The molecule has 1 aliphatic carbocycles. The van der Waals surface area contributed by atoms with E-state index in [1.807, 2.05) is 44.4 Å². The van der Waals surface area contributed by atoms with Gasteiger partial charge in [0.1, 0.15) is 16.8 Å². The van der Waals surface area contributed by atoms with Gasteiger partial charge in [-0.3, -0.25) is 0 Å². The van der Waals surface area contributed by atoms with Gasteiger partial charge in [-0.15, -0.1) is 0 Å². The summed E-state index contributed by atoms with van der Waals surface area (Å²) in [5, 5.41) is 4.92. The van der Waals surface area contributed by atoms with Crippen LogP contribution in [0.4, 0.5) is 4.79 Å². The quantitative estimate of drug-likeness (QED) is 0.595. The molecule has 8 nitrogen and oxygen atoms in total. The lowest BCUT2D eigenvalue weighted by atomic mass is 9.90. The van der Waals surface area contributed by atoms with E-state index in [1.165, 1.54) is 11.9 Å². The lowest BCUT2D eigenvalue weighted by Crippen LogP contribution is -2.51. The highest BCUT2D eigenvalue weighted by Gasteiger charge is 2.31. The van der Waals surface area contributed by atoms with Crippen molar-refractivity contribution in [3.8, 4) is 0 Å². The maximum Gasteiger partial charge on any atom is 0.410 e. The molecule has 0 bridgehead atoms. The number of hydrogen-bond acceptors (Lipinski definition) is 5. The summed E-state index contributed by atoms with van der Waals surface area (Å²) in [6.45, 7) is 7.44. The lowest BCUT2D eigenvalue weighted by molar-refractivity contribution is 0.00948. The highest BCUT2D eigenvalue weighted by atomic mass is 16.6. The van der Waals surface area contributed by atoms with E-state index in [0.29, 0.717) is 12.1 Å². The Morgan fingerprint density at radius 2 is 2.00 bits per heavy atom. The molecule has 3 aromatic heterocycles. The average Bonchev–Trinajstić information content (AvgIpc) is 3.43. The minimum absolute atomic E-state index is 0.171. The first-order valence-electron chi connectivity index (χ1n) is 12.4. The predicted octanol–water partition coefficient (Wildman–Crippen LogP) is 4.78. The van der Waals surface area contributed by atoms with Crippen LogP contribution in [-0.4, -0.2) is 61.3 Å². The van der Waals surface area contributed by atoms with Gasteiger partial charge < -0.3 is 24.5 Å². The van der Waals surface area contributed by atoms with Crippen molar-refractivity contribution < 1.29 is 9.53 Å². The van der Waals surface area contributed by atoms with Gasteiger partial charge in [0.25, 0.3) is 0 Å². The number of likely N-dealkylation sites (tertiary alicyclic amines) is 1. The van der Waals surface area contributed by atoms with Crippen LogP contribution in [0.15, 0.2) is 24.8 Å². The molecule has 4 heterocycles. The van der Waals surface area contributed by atoms with Crippen molar-refractivity contribution in [2.24, 2.45) is 0 Å². The number of amides is 1. The van der Waals surface area contributed by atoms with Gasteiger partial charge in [-0.1, -0.05) is 0 Å². The monoisotopic (exact) mass is 452 g/mol. The fourth-order valence-electron chi connectivity index (χ4n) is 5.44. The number of H-pyrrole nitrogens is 1. The van der Waals surface area contributed by atoms with Crippen LogP contribution in [0.3, 0.4) is 0 Å². The van der Waals surface area contributed by atoms with Crippen molar-refractivity contribution >= 4 is 28.2 Å². The molecule has 0 aromatic carbocycles. The molecule has 2 N–H and O–H groups in total. The molecule has 1 atom stereocenters. The number of aromatic amines is 1. The first-order chi connectivity index (χ1) is 15.9. The standard InChI is InChI=1S/C25H36N6O2/c1-25(2,3)33-24(32)30-13-5-4-6-19(30)14-27-17-7-9-18(10-8-17)31-16-29-21-15-28-23-20(22(21)31)11-12-26-23/h11-12,15-19,27H,4-10,13-14H2,1-3H3,(H,26,28). The average molecular weight is 453 g/mol. The maximum absolute atomic E-state index is 12.7. The molecule has 33 heavy (non-hydrogen) atoms. The molecule has 1 saturated heterocycles. The highest BCUT2D eigenvalue weighted by molar-refractivity contribution is 6.00. The second kappa shape index (κ2) is 8.97. The second-order valence-electron chi connectivity index (χ2n) is 10.6. The van der Waals surface area contributed by atoms with Gasteiger partial charge in [0.15, 0.2) is 0 Å². The van der Waals surface area contributed by atoms with Crippen LogP contribution in [0, 0.1) is 0 Å². The Morgan fingerprint density at radius 1 is 1.18 bits per heavy atom. The molecule has 1 aliphatic heterocycles. The molecule has 5 rings (SSSR count). The van der Waals surface area contributed by atoms with E-state index >= 15 is 0 Å². The van der Waals surface area contributed by atoms with E-state index in [2.05, 4.69) is 30.9 Å². The molecule has 1 unspecified atom stereocenters. The number of hydrogen-bond donors (Lipinski definition) is 2. The summed E-state index contributed by atoms with van der Waals surface area (Å²) in [4.78, 5) is 26.9. The summed E-state index contributed by atoms with van der Waals surface area (Å²) in [5.74, 6) is 0. The molecule has 178 valence electrons. The maximum atomic E-state index is 12.7. The van der Waals surface area contributed by atoms with Crippen LogP contribution < -0.4 is 5.32 Å². The summed E-state index contributed by atoms with van der Waals surface area (Å²) in [7, 11) is 0. The molecule has 2 aliphatic rings. The first-order valence-corrected chi connectivity index (χ1v) is 12.4. The number of rotatable bonds is 4. The normalized spacial score (nSPS) is 24.5. The van der Waals surface area contributed by atoms with Gasteiger partial charge in [-0.05, 0) is 71.8 Å². The number of carbonyl (C=O) groups excluding carboxylic acids is 1. The highest BCUT2D eigenvalue weighted by Crippen LogP contribution is 2.33. The smallest absolute Gasteiger partial charge is 0.410 e. The fraction of sp³-hybridized carbons (Fsp3) is 0.640. The molecule has 3 aromatic rings. The number of piperidine rings is 1. The summed E-state index contributed by atoms with van der Waals surface area (Å²) < 4.78 is 8.01. The molecule has 1 saturated carbocycles. The summed E-state index contributed by atoms with van der Waals surface area (Å²) in [5.41, 5.74) is 2.61. The molecule has 0 spiro atoms. The largest absolute Gasteiger partial charge is 0.444 e. The number of fused-ring (bicyclic) bond motifs is 3. The number of carbonyl (C=O) groups is 1. The number of nitrogens with one attached hydrogen (secondary N) is 2. The number of aromatic nitrogens is 4. The van der Waals surface area contributed by atoms with Crippen LogP contribution in [-0.2, 0) is 4.74 Å². The Morgan fingerprint density at radius 3 is 2.79 bits per heavy atom. The van der Waals surface area contributed by atoms with Crippen molar-refractivity contribution in [1.82, 2.24) is 29.7 Å². The summed E-state index contributed by atoms with van der Waals surface area (Å²) in [6, 6.07) is 3.27. The van der Waals surface area contributed by atoms with Crippen LogP contribution >= 0.6 is 0 Å². The third-order valence-electron chi connectivity index (χ3n) is 7.11. The summed E-state index contributed by atoms with van der Waals surface area (Å²) >= 11 is 0. The first kappa shape index (κ1) is 22.2. The third kappa shape index (κ3) is 4.71. The van der Waals surface area contributed by atoms with Crippen LogP contribution in [0.25, 0.3) is 22.1 Å². The Balaban J connectivity index is 1.18. The zero-order chi connectivity index (χ0) is 23.0. The molecular weight excluding hydrogens is 416 g/mol. The van der Waals surface area contributed by atoms with Gasteiger partial charge in [-0.2, -0.15) is 0 Å². The van der Waals surface area contributed by atoms with Gasteiger partial charge in [0.2, 0.25) is 0 Å². The van der Waals surface area contributed by atoms with Gasteiger partial charge in [0.05, 0.1) is 18.0 Å². The van der Waals surface area contributed by atoms with Crippen LogP contribution in [0.5, 0.6) is 0 Å². The van der Waals surface area contributed by atoms with Gasteiger partial charge in [-0.25, -0.2) is 14.8 Å². The number of imidazole rings is 1. The van der Waals surface area contributed by atoms with E-state index in [0.717, 1.165) is 68.2 Å². The van der Waals surface area contributed by atoms with E-state index in [1.54, 1.807) is 0 Å². The topological polar surface area (TPSA) is 88.1 Å². The Labute approximate surface area is 195 Å². The van der Waals surface area contributed by atoms with E-state index in [-0.39, 0.29) is 12.1 Å². The molecule has 2 fully saturated rings. The van der Waals surface area contributed by atoms with Crippen LogP contribution in [0.1, 0.15) is 71.8 Å². The van der Waals surface area contributed by atoms with Crippen molar-refractivity contribution in [3.05, 3.63) is 24.8 Å². The molecular formula is C25H36N6O2. The SMILES string of the molecule is CC(C)(C)OC(=O)N1CCCCC1CNC1CCC(n2cnc3cnc4[nH]ccc4c32)CC1. The van der Waals surface area contributed by atoms with E-state index in [4.69, 9.17) is 4.74 Å². The van der Waals surface area contributed by atoms with Crippen molar-refractivity contribution in [2.45, 2.75) is 89.4 Å². The van der Waals surface area contributed by atoms with E-state index in [9.17, 15) is 4.79 Å². The third-order valence-corrected chi connectivity index (χ3v) is 7.11. The minimum atomic E-state index is -0.454. The van der Waals surface area contributed by atoms with Gasteiger partial charge in [0, 0.05) is 42.8 Å². The van der Waals surface area contributed by atoms with Gasteiger partial charge >= 0.3 is 6.09 Å². The molecule has 0 radical (unpaired) electrons. The van der Waals surface area contributed by atoms with E-state index < -0.39 is 5.60 Å². The summed E-state index contributed by atoms with van der Waals surface area (Å²) in [6.07, 6.45) is 13.4. The Kier molecular flexibility index (Phi) is 6.03. The van der Waals surface area contributed by atoms with Crippen molar-refractivity contribution in [1.29, 1.82) is 0 Å². The van der Waals surface area contributed by atoms with Crippen molar-refractivity contribution in [2.75, 3.05) is 13.1 Å². The number of ether oxygens (including phenoxy) is 1. The van der Waals surface area contributed by atoms with Crippen molar-refractivity contribution in [3.63, 3.8) is 0 Å². The predicted molar refractivity (Wildman–Crippen MR) is 129 cm³/mol. The minimum Gasteiger partial charge on any atom is -0.444 e. The Bertz CT molecular complexity index is 1110. The number of nitrogens with zero attached hydrogens (tertiary/aromatic N) is 4. The van der Waals surface area contributed by atoms with Crippen LogP contribution in [0.2, 0.25) is 0 Å².